The topological polar surface area (TPSA) is 76.8 Å². The first-order valence-corrected chi connectivity index (χ1v) is 7.98. The number of carbonyl (C=O) groups excluding carboxylic acids is 1. The van der Waals surface area contributed by atoms with Crippen molar-refractivity contribution in [1.82, 2.24) is 14.6 Å². The maximum Gasteiger partial charge on any atom is 0.328 e. The van der Waals surface area contributed by atoms with Crippen molar-refractivity contribution in [2.75, 3.05) is 11.9 Å². The van der Waals surface area contributed by atoms with Gasteiger partial charge < -0.3 is 9.64 Å². The van der Waals surface area contributed by atoms with Crippen molar-refractivity contribution >= 4 is 27.4 Å². The first-order chi connectivity index (χ1) is 10.3. The molecular formula is C14H20N4O3S. The van der Waals surface area contributed by atoms with Crippen molar-refractivity contribution in [2.45, 2.75) is 46.3 Å². The number of rotatable bonds is 5. The number of hydrogen-bond acceptors (Lipinski definition) is 7. The van der Waals surface area contributed by atoms with E-state index >= 15 is 0 Å². The summed E-state index contributed by atoms with van der Waals surface area (Å²) in [6, 6.07) is 0.983. The molecule has 1 unspecified atom stereocenters. The number of carbonyl (C=O) groups is 1. The van der Waals surface area contributed by atoms with E-state index in [4.69, 9.17) is 4.74 Å². The molecule has 0 aromatic carbocycles. The lowest BCUT2D eigenvalue weighted by molar-refractivity contribution is -0.148. The standard InChI is InChI=1S/C14H20N4O3S/c1-6-10-7-11(19)18-13(15-10)22-14(16-18)17(5)9(4)12(20)21-8(2)3/h7-9H,6H2,1-5H3. The first kappa shape index (κ1) is 16.4. The Morgan fingerprint density at radius 3 is 2.73 bits per heavy atom. The molecule has 0 spiro atoms. The summed E-state index contributed by atoms with van der Waals surface area (Å²) in [5, 5.41) is 4.80. The average Bonchev–Trinajstić information content (AvgIpc) is 2.89. The summed E-state index contributed by atoms with van der Waals surface area (Å²) < 4.78 is 6.46. The van der Waals surface area contributed by atoms with Gasteiger partial charge in [-0.15, -0.1) is 5.10 Å². The van der Waals surface area contributed by atoms with E-state index in [-0.39, 0.29) is 17.6 Å². The molecule has 2 rings (SSSR count). The van der Waals surface area contributed by atoms with Gasteiger partial charge in [-0.2, -0.15) is 4.52 Å². The number of nitrogens with zero attached hydrogens (tertiary/aromatic N) is 4. The van der Waals surface area contributed by atoms with E-state index in [1.54, 1.807) is 32.7 Å². The van der Waals surface area contributed by atoms with Crippen molar-refractivity contribution in [2.24, 2.45) is 0 Å². The molecule has 0 aliphatic heterocycles. The number of ether oxygens (including phenoxy) is 1. The van der Waals surface area contributed by atoms with E-state index < -0.39 is 6.04 Å². The molecule has 0 amide bonds. The van der Waals surface area contributed by atoms with E-state index in [2.05, 4.69) is 10.1 Å². The number of hydrogen-bond donors (Lipinski definition) is 0. The molecule has 0 bridgehead atoms. The second-order valence-corrected chi connectivity index (χ2v) is 6.23. The van der Waals surface area contributed by atoms with Crippen LogP contribution in [0.4, 0.5) is 5.13 Å². The van der Waals surface area contributed by atoms with Gasteiger partial charge >= 0.3 is 5.97 Å². The number of esters is 1. The molecule has 2 aromatic heterocycles. The molecule has 2 heterocycles. The summed E-state index contributed by atoms with van der Waals surface area (Å²) in [6.45, 7) is 7.29. The molecule has 0 saturated carbocycles. The van der Waals surface area contributed by atoms with Crippen molar-refractivity contribution in [1.29, 1.82) is 0 Å². The molecule has 0 aliphatic rings. The highest BCUT2D eigenvalue weighted by Crippen LogP contribution is 2.22. The Bertz CT molecular complexity index is 737. The molecule has 1 atom stereocenters. The zero-order valence-electron chi connectivity index (χ0n) is 13.4. The fourth-order valence-corrected chi connectivity index (χ4v) is 2.79. The molecule has 0 N–H and O–H groups in total. The van der Waals surface area contributed by atoms with Crippen LogP contribution >= 0.6 is 11.3 Å². The monoisotopic (exact) mass is 324 g/mol. The Morgan fingerprint density at radius 2 is 2.14 bits per heavy atom. The van der Waals surface area contributed by atoms with E-state index in [0.29, 0.717) is 16.5 Å². The molecule has 120 valence electrons. The van der Waals surface area contributed by atoms with Crippen LogP contribution in [-0.2, 0) is 16.0 Å². The summed E-state index contributed by atoms with van der Waals surface area (Å²) in [7, 11) is 1.75. The summed E-state index contributed by atoms with van der Waals surface area (Å²) >= 11 is 1.27. The van der Waals surface area contributed by atoms with E-state index in [0.717, 1.165) is 5.69 Å². The van der Waals surface area contributed by atoms with Gasteiger partial charge in [-0.05, 0) is 27.2 Å². The predicted octanol–water partition coefficient (Wildman–Crippen LogP) is 1.49. The SMILES string of the molecule is CCc1cc(=O)n2nc(N(C)C(C)C(=O)OC(C)C)sc2n1. The molecule has 0 aliphatic carbocycles. The third-order valence-electron chi connectivity index (χ3n) is 3.23. The molecule has 8 heteroatoms. The lowest BCUT2D eigenvalue weighted by Gasteiger charge is -2.23. The lowest BCUT2D eigenvalue weighted by Crippen LogP contribution is -2.38. The van der Waals surface area contributed by atoms with Gasteiger partial charge in [-0.1, -0.05) is 18.3 Å². The van der Waals surface area contributed by atoms with Crippen LogP contribution in [0, 0.1) is 0 Å². The van der Waals surface area contributed by atoms with Crippen LogP contribution < -0.4 is 10.5 Å². The molecule has 22 heavy (non-hydrogen) atoms. The zero-order chi connectivity index (χ0) is 16.4. The third kappa shape index (κ3) is 3.27. The summed E-state index contributed by atoms with van der Waals surface area (Å²) in [5.74, 6) is -0.327. The number of anilines is 1. The summed E-state index contributed by atoms with van der Waals surface area (Å²) in [4.78, 5) is 30.6. The fraction of sp³-hybridized carbons (Fsp3) is 0.571. The quantitative estimate of drug-likeness (QED) is 0.776. The minimum absolute atomic E-state index is 0.171. The van der Waals surface area contributed by atoms with Crippen LogP contribution in [-0.4, -0.2) is 39.8 Å². The van der Waals surface area contributed by atoms with Crippen molar-refractivity contribution < 1.29 is 9.53 Å². The maximum atomic E-state index is 12.0. The highest BCUT2D eigenvalue weighted by Gasteiger charge is 2.24. The Hall–Kier alpha value is -1.96. The van der Waals surface area contributed by atoms with Gasteiger partial charge in [0.15, 0.2) is 0 Å². The number of aryl methyl sites for hydroxylation is 1. The minimum Gasteiger partial charge on any atom is -0.461 e. The minimum atomic E-state index is -0.496. The van der Waals surface area contributed by atoms with Crippen LogP contribution in [0.3, 0.4) is 0 Å². The van der Waals surface area contributed by atoms with Crippen LogP contribution in [0.25, 0.3) is 4.96 Å². The van der Waals surface area contributed by atoms with Crippen molar-refractivity contribution in [3.05, 3.63) is 22.1 Å². The van der Waals surface area contributed by atoms with Gasteiger partial charge in [0.05, 0.1) is 6.10 Å². The van der Waals surface area contributed by atoms with Crippen molar-refractivity contribution in [3.8, 4) is 0 Å². The molecule has 7 nitrogen and oxygen atoms in total. The molecule has 0 radical (unpaired) electrons. The zero-order valence-corrected chi connectivity index (χ0v) is 14.2. The van der Waals surface area contributed by atoms with E-state index in [1.807, 2.05) is 6.92 Å². The van der Waals surface area contributed by atoms with Gasteiger partial charge in [-0.3, -0.25) is 4.79 Å². The Labute approximate surface area is 132 Å². The Kier molecular flexibility index (Phi) is 4.80. The molecule has 0 saturated heterocycles. The van der Waals surface area contributed by atoms with Gasteiger partial charge in [-0.25, -0.2) is 9.78 Å². The Balaban J connectivity index is 2.32. The lowest BCUT2D eigenvalue weighted by atomic mass is 10.3. The Morgan fingerprint density at radius 1 is 1.45 bits per heavy atom. The first-order valence-electron chi connectivity index (χ1n) is 7.16. The van der Waals surface area contributed by atoms with E-state index in [9.17, 15) is 9.59 Å². The van der Waals surface area contributed by atoms with Crippen LogP contribution in [0.15, 0.2) is 10.9 Å². The molecular weight excluding hydrogens is 304 g/mol. The summed E-state index contributed by atoms with van der Waals surface area (Å²) in [6.07, 6.45) is 0.515. The van der Waals surface area contributed by atoms with Crippen LogP contribution in [0.1, 0.15) is 33.4 Å². The number of aromatic nitrogens is 3. The molecule has 0 fully saturated rings. The van der Waals surface area contributed by atoms with Gasteiger partial charge in [0.25, 0.3) is 5.56 Å². The number of likely N-dealkylation sites (N-methyl/N-ethyl adjacent to an activating group) is 1. The third-order valence-corrected chi connectivity index (χ3v) is 4.22. The van der Waals surface area contributed by atoms with Gasteiger partial charge in [0.1, 0.15) is 6.04 Å². The highest BCUT2D eigenvalue weighted by molar-refractivity contribution is 7.20. The predicted molar refractivity (Wildman–Crippen MR) is 85.6 cm³/mol. The van der Waals surface area contributed by atoms with Crippen LogP contribution in [0.2, 0.25) is 0 Å². The number of fused-ring (bicyclic) bond motifs is 1. The van der Waals surface area contributed by atoms with Gasteiger partial charge in [0, 0.05) is 18.8 Å². The summed E-state index contributed by atoms with van der Waals surface area (Å²) in [5.41, 5.74) is 0.519. The smallest absolute Gasteiger partial charge is 0.328 e. The maximum absolute atomic E-state index is 12.0. The molecule has 2 aromatic rings. The van der Waals surface area contributed by atoms with Crippen molar-refractivity contribution in [3.63, 3.8) is 0 Å². The average molecular weight is 324 g/mol. The van der Waals surface area contributed by atoms with Gasteiger partial charge in [0.2, 0.25) is 10.1 Å². The van der Waals surface area contributed by atoms with E-state index in [1.165, 1.54) is 21.9 Å². The largest absolute Gasteiger partial charge is 0.461 e. The van der Waals surface area contributed by atoms with Crippen LogP contribution in [0.5, 0.6) is 0 Å². The second-order valence-electron chi connectivity index (χ2n) is 5.29. The normalized spacial score (nSPS) is 12.6. The second kappa shape index (κ2) is 6.43. The highest BCUT2D eigenvalue weighted by atomic mass is 32.1. The fourth-order valence-electron chi connectivity index (χ4n) is 1.82.